The number of benzene rings is 1. The first-order valence-corrected chi connectivity index (χ1v) is 8.27. The fraction of sp³-hybridized carbons (Fsp3) is 0.105. The van der Waals surface area contributed by atoms with Gasteiger partial charge in [-0.05, 0) is 42.5 Å². The van der Waals surface area contributed by atoms with Gasteiger partial charge in [-0.1, -0.05) is 0 Å². The lowest BCUT2D eigenvalue weighted by Crippen LogP contribution is -2.42. The van der Waals surface area contributed by atoms with E-state index in [0.29, 0.717) is 11.9 Å². The van der Waals surface area contributed by atoms with Crippen LogP contribution in [0, 0.1) is 0 Å². The highest BCUT2D eigenvalue weighted by atomic mass is 19.4. The van der Waals surface area contributed by atoms with Gasteiger partial charge in [-0.2, -0.15) is 13.2 Å². The van der Waals surface area contributed by atoms with Crippen LogP contribution in [0.2, 0.25) is 0 Å². The second-order valence-electron chi connectivity index (χ2n) is 5.92. The van der Waals surface area contributed by atoms with Crippen LogP contribution in [-0.4, -0.2) is 21.4 Å². The molecule has 10 heteroatoms. The standard InChI is InChI=1S/C19H15F3N4O3/c1-26-10-2-3-15(26)18(28)25-24-17(27)12-4-7-14(8-5-12)29-16-9-6-13(11-23-16)19(20,21)22/h2-11H,1H3,(H,24,27)(H,25,28). The van der Waals surface area contributed by atoms with Crippen LogP contribution in [0.3, 0.4) is 0 Å². The third kappa shape index (κ3) is 4.92. The minimum Gasteiger partial charge on any atom is -0.439 e. The summed E-state index contributed by atoms with van der Waals surface area (Å²) in [5.74, 6) is -0.766. The lowest BCUT2D eigenvalue weighted by Gasteiger charge is -2.09. The van der Waals surface area contributed by atoms with E-state index in [1.54, 1.807) is 29.9 Å². The molecule has 0 unspecified atom stereocenters. The number of aromatic nitrogens is 2. The zero-order valence-electron chi connectivity index (χ0n) is 15.0. The number of nitrogens with zero attached hydrogens (tertiary/aromatic N) is 2. The number of halogens is 3. The van der Waals surface area contributed by atoms with Gasteiger partial charge in [-0.15, -0.1) is 0 Å². The minimum atomic E-state index is -4.48. The van der Waals surface area contributed by atoms with Crippen molar-refractivity contribution in [3.63, 3.8) is 0 Å². The molecular formula is C19H15F3N4O3. The Labute approximate surface area is 163 Å². The average molecular weight is 404 g/mol. The number of hydrogen-bond donors (Lipinski definition) is 2. The molecule has 29 heavy (non-hydrogen) atoms. The van der Waals surface area contributed by atoms with Gasteiger partial charge in [0.1, 0.15) is 11.4 Å². The Morgan fingerprint density at radius 3 is 2.24 bits per heavy atom. The van der Waals surface area contributed by atoms with Crippen molar-refractivity contribution in [3.05, 3.63) is 77.7 Å². The zero-order valence-corrected chi connectivity index (χ0v) is 15.0. The molecule has 2 heterocycles. The van der Waals surface area contributed by atoms with Crippen molar-refractivity contribution in [3.8, 4) is 11.6 Å². The zero-order chi connectivity index (χ0) is 21.0. The summed E-state index contributed by atoms with van der Waals surface area (Å²) < 4.78 is 44.6. The number of carbonyl (C=O) groups is 2. The van der Waals surface area contributed by atoms with Gasteiger partial charge in [0.2, 0.25) is 5.88 Å². The third-order valence-corrected chi connectivity index (χ3v) is 3.87. The van der Waals surface area contributed by atoms with Gasteiger partial charge in [0.25, 0.3) is 11.8 Å². The highest BCUT2D eigenvalue weighted by Crippen LogP contribution is 2.30. The van der Waals surface area contributed by atoms with Crippen LogP contribution in [0.4, 0.5) is 13.2 Å². The smallest absolute Gasteiger partial charge is 0.417 e. The second-order valence-corrected chi connectivity index (χ2v) is 5.92. The van der Waals surface area contributed by atoms with Crippen molar-refractivity contribution in [2.45, 2.75) is 6.18 Å². The Balaban J connectivity index is 1.57. The molecule has 0 atom stereocenters. The maximum Gasteiger partial charge on any atom is 0.417 e. The molecule has 0 saturated carbocycles. The molecule has 0 radical (unpaired) electrons. The highest BCUT2D eigenvalue weighted by Gasteiger charge is 2.30. The Morgan fingerprint density at radius 1 is 1.00 bits per heavy atom. The number of amides is 2. The van der Waals surface area contributed by atoms with Gasteiger partial charge < -0.3 is 9.30 Å². The van der Waals surface area contributed by atoms with Crippen LogP contribution in [0.25, 0.3) is 0 Å². The maximum atomic E-state index is 12.5. The summed E-state index contributed by atoms with van der Waals surface area (Å²) in [4.78, 5) is 27.7. The summed E-state index contributed by atoms with van der Waals surface area (Å²) in [5, 5.41) is 0. The SMILES string of the molecule is Cn1cccc1C(=O)NNC(=O)c1ccc(Oc2ccc(C(F)(F)F)cn2)cc1. The largest absolute Gasteiger partial charge is 0.439 e. The number of pyridine rings is 1. The molecule has 0 bridgehead atoms. The van der Waals surface area contributed by atoms with E-state index in [9.17, 15) is 22.8 Å². The van der Waals surface area contributed by atoms with E-state index in [1.807, 2.05) is 0 Å². The van der Waals surface area contributed by atoms with Crippen molar-refractivity contribution in [2.24, 2.45) is 7.05 Å². The van der Waals surface area contributed by atoms with E-state index >= 15 is 0 Å². The first kappa shape index (κ1) is 19.9. The van der Waals surface area contributed by atoms with Crippen LogP contribution in [0.1, 0.15) is 26.4 Å². The van der Waals surface area contributed by atoms with E-state index < -0.39 is 23.6 Å². The molecule has 0 saturated heterocycles. The number of hydrogen-bond acceptors (Lipinski definition) is 4. The molecule has 0 fully saturated rings. The van der Waals surface area contributed by atoms with Crippen molar-refractivity contribution in [1.29, 1.82) is 0 Å². The minimum absolute atomic E-state index is 0.0231. The number of ether oxygens (including phenoxy) is 1. The Hall–Kier alpha value is -3.82. The topological polar surface area (TPSA) is 85.2 Å². The second kappa shape index (κ2) is 8.05. The van der Waals surface area contributed by atoms with Crippen LogP contribution in [0.15, 0.2) is 60.9 Å². The van der Waals surface area contributed by atoms with Crippen molar-refractivity contribution < 1.29 is 27.5 Å². The third-order valence-electron chi connectivity index (χ3n) is 3.87. The monoisotopic (exact) mass is 404 g/mol. The number of nitrogens with one attached hydrogen (secondary N) is 2. The molecule has 2 amide bonds. The molecular weight excluding hydrogens is 389 g/mol. The summed E-state index contributed by atoms with van der Waals surface area (Å²) in [5.41, 5.74) is 4.33. The summed E-state index contributed by atoms with van der Waals surface area (Å²) in [6.07, 6.45) is -2.11. The number of alkyl halides is 3. The number of rotatable bonds is 4. The molecule has 0 spiro atoms. The summed E-state index contributed by atoms with van der Waals surface area (Å²) in [6.45, 7) is 0. The molecule has 0 aliphatic carbocycles. The molecule has 2 N–H and O–H groups in total. The van der Waals surface area contributed by atoms with Crippen molar-refractivity contribution in [1.82, 2.24) is 20.4 Å². The summed E-state index contributed by atoms with van der Waals surface area (Å²) in [7, 11) is 1.70. The van der Waals surface area contributed by atoms with Gasteiger partial charge >= 0.3 is 6.18 Å². The van der Waals surface area contributed by atoms with Gasteiger partial charge in [-0.25, -0.2) is 4.98 Å². The first-order chi connectivity index (χ1) is 13.7. The quantitative estimate of drug-likeness (QED) is 0.654. The molecule has 3 rings (SSSR count). The average Bonchev–Trinajstić information content (AvgIpc) is 3.12. The molecule has 3 aromatic rings. The summed E-state index contributed by atoms with van der Waals surface area (Å²) >= 11 is 0. The van der Waals surface area contributed by atoms with E-state index in [4.69, 9.17) is 4.74 Å². The first-order valence-electron chi connectivity index (χ1n) is 8.27. The van der Waals surface area contributed by atoms with E-state index in [-0.39, 0.29) is 17.2 Å². The fourth-order valence-electron chi connectivity index (χ4n) is 2.35. The van der Waals surface area contributed by atoms with Gasteiger partial charge in [0.15, 0.2) is 0 Å². The van der Waals surface area contributed by atoms with Crippen LogP contribution >= 0.6 is 0 Å². The van der Waals surface area contributed by atoms with Crippen LogP contribution in [-0.2, 0) is 13.2 Å². The Bertz CT molecular complexity index is 1010. The van der Waals surface area contributed by atoms with Crippen LogP contribution in [0.5, 0.6) is 11.6 Å². The Kier molecular flexibility index (Phi) is 5.53. The number of aryl methyl sites for hydroxylation is 1. The molecule has 7 nitrogen and oxygen atoms in total. The van der Waals surface area contributed by atoms with Crippen LogP contribution < -0.4 is 15.6 Å². The maximum absolute atomic E-state index is 12.5. The van der Waals surface area contributed by atoms with Crippen molar-refractivity contribution >= 4 is 11.8 Å². The molecule has 2 aromatic heterocycles. The van der Waals surface area contributed by atoms with E-state index in [0.717, 1.165) is 12.1 Å². The molecule has 1 aromatic carbocycles. The lowest BCUT2D eigenvalue weighted by atomic mass is 10.2. The normalized spacial score (nSPS) is 11.0. The summed E-state index contributed by atoms with van der Waals surface area (Å²) in [6, 6.07) is 11.0. The van der Waals surface area contributed by atoms with Gasteiger partial charge in [-0.3, -0.25) is 20.4 Å². The Morgan fingerprint density at radius 2 is 1.69 bits per heavy atom. The number of hydrazine groups is 1. The molecule has 150 valence electrons. The predicted octanol–water partition coefficient (Wildman–Crippen LogP) is 3.31. The van der Waals surface area contributed by atoms with Gasteiger partial charge in [0, 0.05) is 31.1 Å². The highest BCUT2D eigenvalue weighted by molar-refractivity contribution is 5.98. The van der Waals surface area contributed by atoms with E-state index in [2.05, 4.69) is 15.8 Å². The van der Waals surface area contributed by atoms with Gasteiger partial charge in [0.05, 0.1) is 5.56 Å². The predicted molar refractivity (Wildman–Crippen MR) is 96.1 cm³/mol. The lowest BCUT2D eigenvalue weighted by molar-refractivity contribution is -0.137. The molecule has 0 aliphatic rings. The van der Waals surface area contributed by atoms with E-state index in [1.165, 1.54) is 24.3 Å². The molecule has 0 aliphatic heterocycles. The van der Waals surface area contributed by atoms with Crippen molar-refractivity contribution in [2.75, 3.05) is 0 Å². The number of carbonyl (C=O) groups excluding carboxylic acids is 2. The fourth-order valence-corrected chi connectivity index (χ4v) is 2.35.